The molecule has 0 atom stereocenters. The fourth-order valence-corrected chi connectivity index (χ4v) is 3.63. The van der Waals surface area contributed by atoms with Crippen LogP contribution in [-0.2, 0) is 11.3 Å². The summed E-state index contributed by atoms with van der Waals surface area (Å²) in [7, 11) is 3.07. The Labute approximate surface area is 170 Å². The van der Waals surface area contributed by atoms with Crippen LogP contribution in [0.25, 0.3) is 10.9 Å². The summed E-state index contributed by atoms with van der Waals surface area (Å²) < 4.78 is 10.6. The summed E-state index contributed by atoms with van der Waals surface area (Å²) in [5.74, 6) is 2.34. The molecular formula is C21H30N4O4. The largest absolute Gasteiger partial charge is 0.493 e. The van der Waals surface area contributed by atoms with Crippen molar-refractivity contribution in [1.29, 1.82) is 0 Å². The van der Waals surface area contributed by atoms with E-state index in [1.54, 1.807) is 19.2 Å². The molecule has 1 aliphatic rings. The fourth-order valence-electron chi connectivity index (χ4n) is 3.63. The lowest BCUT2D eigenvalue weighted by atomic mass is 9.99. The summed E-state index contributed by atoms with van der Waals surface area (Å²) >= 11 is 0. The molecule has 2 aromatic rings. The number of nitrogens with one attached hydrogen (secondary N) is 1. The third-order valence-electron chi connectivity index (χ3n) is 5.58. The minimum absolute atomic E-state index is 0.133. The van der Waals surface area contributed by atoms with E-state index in [1.807, 2.05) is 16.7 Å². The van der Waals surface area contributed by atoms with Crippen molar-refractivity contribution in [2.45, 2.75) is 33.2 Å². The summed E-state index contributed by atoms with van der Waals surface area (Å²) in [5, 5.41) is 0.438. The van der Waals surface area contributed by atoms with Crippen LogP contribution in [0.15, 0.2) is 16.9 Å². The SMILES string of the molecule is CCN(CC(=O)N1CCC(C)CC1)Cc1nc2cc(OC)c(OC)cc2c(=O)[nH]1. The summed E-state index contributed by atoms with van der Waals surface area (Å²) in [6, 6.07) is 3.32. The molecule has 1 aromatic heterocycles. The van der Waals surface area contributed by atoms with E-state index in [0.29, 0.717) is 53.8 Å². The van der Waals surface area contributed by atoms with Crippen molar-refractivity contribution in [2.24, 2.45) is 5.92 Å². The predicted molar refractivity (Wildman–Crippen MR) is 111 cm³/mol. The second-order valence-electron chi connectivity index (χ2n) is 7.60. The molecule has 1 aromatic carbocycles. The molecule has 0 saturated carbocycles. The van der Waals surface area contributed by atoms with Crippen molar-refractivity contribution in [1.82, 2.24) is 19.8 Å². The maximum atomic E-state index is 12.7. The zero-order chi connectivity index (χ0) is 21.0. The molecule has 1 saturated heterocycles. The highest BCUT2D eigenvalue weighted by atomic mass is 16.5. The number of hydrogen-bond acceptors (Lipinski definition) is 6. The molecule has 3 rings (SSSR count). The molecule has 29 heavy (non-hydrogen) atoms. The first-order valence-electron chi connectivity index (χ1n) is 10.1. The number of likely N-dealkylation sites (N-methyl/N-ethyl adjacent to an activating group) is 1. The van der Waals surface area contributed by atoms with Gasteiger partial charge in [0.15, 0.2) is 11.5 Å². The maximum Gasteiger partial charge on any atom is 0.258 e. The summed E-state index contributed by atoms with van der Waals surface area (Å²) in [4.78, 5) is 36.6. The number of methoxy groups -OCH3 is 2. The topological polar surface area (TPSA) is 87.8 Å². The van der Waals surface area contributed by atoms with Gasteiger partial charge in [0.1, 0.15) is 5.82 Å². The number of likely N-dealkylation sites (tertiary alicyclic amines) is 1. The van der Waals surface area contributed by atoms with E-state index in [1.165, 1.54) is 7.11 Å². The van der Waals surface area contributed by atoms with Gasteiger partial charge in [0.05, 0.1) is 38.2 Å². The number of rotatable bonds is 7. The van der Waals surface area contributed by atoms with Crippen molar-refractivity contribution in [2.75, 3.05) is 40.4 Å². The van der Waals surface area contributed by atoms with Crippen molar-refractivity contribution < 1.29 is 14.3 Å². The van der Waals surface area contributed by atoms with Gasteiger partial charge in [-0.05, 0) is 31.4 Å². The number of piperidine rings is 1. The van der Waals surface area contributed by atoms with Crippen LogP contribution in [0, 0.1) is 5.92 Å². The van der Waals surface area contributed by atoms with Gasteiger partial charge >= 0.3 is 0 Å². The quantitative estimate of drug-likeness (QED) is 0.762. The standard InChI is InChI=1S/C21H30N4O4/c1-5-24(13-20(26)25-8-6-14(2)7-9-25)12-19-22-16-11-18(29-4)17(28-3)10-15(16)21(27)23-19/h10-11,14H,5-9,12-13H2,1-4H3,(H,22,23,27). The Morgan fingerprint density at radius 2 is 1.90 bits per heavy atom. The van der Waals surface area contributed by atoms with E-state index in [0.717, 1.165) is 25.9 Å². The molecule has 0 bridgehead atoms. The number of aromatic amines is 1. The average Bonchev–Trinajstić information content (AvgIpc) is 2.72. The predicted octanol–water partition coefficient (Wildman–Crippen LogP) is 2.02. The van der Waals surface area contributed by atoms with Gasteiger partial charge < -0.3 is 19.4 Å². The van der Waals surface area contributed by atoms with Crippen LogP contribution in [0.4, 0.5) is 0 Å². The number of carbonyl (C=O) groups excluding carboxylic acids is 1. The van der Waals surface area contributed by atoms with Gasteiger partial charge in [0, 0.05) is 19.2 Å². The zero-order valence-electron chi connectivity index (χ0n) is 17.7. The van der Waals surface area contributed by atoms with Crippen molar-refractivity contribution in [3.8, 4) is 11.5 Å². The Morgan fingerprint density at radius 1 is 1.24 bits per heavy atom. The van der Waals surface area contributed by atoms with Gasteiger partial charge in [0.2, 0.25) is 5.91 Å². The van der Waals surface area contributed by atoms with Crippen LogP contribution >= 0.6 is 0 Å². The van der Waals surface area contributed by atoms with Crippen molar-refractivity contribution in [3.05, 3.63) is 28.3 Å². The van der Waals surface area contributed by atoms with E-state index < -0.39 is 0 Å². The van der Waals surface area contributed by atoms with Crippen LogP contribution in [0.5, 0.6) is 11.5 Å². The Balaban J connectivity index is 1.76. The van der Waals surface area contributed by atoms with Gasteiger partial charge in [-0.3, -0.25) is 14.5 Å². The lowest BCUT2D eigenvalue weighted by Crippen LogP contribution is -2.44. The molecule has 0 radical (unpaired) electrons. The molecule has 2 heterocycles. The van der Waals surface area contributed by atoms with Gasteiger partial charge in [-0.25, -0.2) is 4.98 Å². The van der Waals surface area contributed by atoms with E-state index in [-0.39, 0.29) is 11.5 Å². The third-order valence-corrected chi connectivity index (χ3v) is 5.58. The number of fused-ring (bicyclic) bond motifs is 1. The van der Waals surface area contributed by atoms with Crippen LogP contribution < -0.4 is 15.0 Å². The van der Waals surface area contributed by atoms with Gasteiger partial charge in [0.25, 0.3) is 5.56 Å². The molecule has 0 spiro atoms. The average molecular weight is 402 g/mol. The van der Waals surface area contributed by atoms with Crippen molar-refractivity contribution >= 4 is 16.8 Å². The maximum absolute atomic E-state index is 12.7. The van der Waals surface area contributed by atoms with E-state index in [4.69, 9.17) is 9.47 Å². The zero-order valence-corrected chi connectivity index (χ0v) is 17.7. The number of nitrogens with zero attached hydrogens (tertiary/aromatic N) is 3. The minimum atomic E-state index is -0.238. The highest BCUT2D eigenvalue weighted by molar-refractivity contribution is 5.82. The second-order valence-corrected chi connectivity index (χ2v) is 7.60. The normalized spacial score (nSPS) is 15.1. The molecule has 158 valence electrons. The number of carbonyl (C=O) groups is 1. The fraction of sp³-hybridized carbons (Fsp3) is 0.571. The number of benzene rings is 1. The summed E-state index contributed by atoms with van der Waals surface area (Å²) in [5.41, 5.74) is 0.298. The van der Waals surface area contributed by atoms with Gasteiger partial charge in [-0.15, -0.1) is 0 Å². The molecule has 0 aliphatic carbocycles. The molecule has 1 amide bonds. The number of amides is 1. The number of ether oxygens (including phenoxy) is 2. The van der Waals surface area contributed by atoms with Crippen LogP contribution in [0.2, 0.25) is 0 Å². The molecule has 8 heteroatoms. The summed E-state index contributed by atoms with van der Waals surface area (Å²) in [6.07, 6.45) is 2.12. The van der Waals surface area contributed by atoms with E-state index in [2.05, 4.69) is 16.9 Å². The Kier molecular flexibility index (Phi) is 6.74. The Morgan fingerprint density at radius 3 is 2.52 bits per heavy atom. The molecule has 1 aliphatic heterocycles. The second kappa shape index (κ2) is 9.26. The molecule has 8 nitrogen and oxygen atoms in total. The van der Waals surface area contributed by atoms with Crippen LogP contribution in [0.3, 0.4) is 0 Å². The first-order valence-corrected chi connectivity index (χ1v) is 10.1. The molecule has 1 N–H and O–H groups in total. The lowest BCUT2D eigenvalue weighted by Gasteiger charge is -2.32. The molecular weight excluding hydrogens is 372 g/mol. The van der Waals surface area contributed by atoms with Crippen molar-refractivity contribution in [3.63, 3.8) is 0 Å². The Hall–Kier alpha value is -2.61. The van der Waals surface area contributed by atoms with Gasteiger partial charge in [-0.2, -0.15) is 0 Å². The summed E-state index contributed by atoms with van der Waals surface area (Å²) in [6.45, 7) is 7.27. The third kappa shape index (κ3) is 4.87. The van der Waals surface area contributed by atoms with Crippen LogP contribution in [0.1, 0.15) is 32.5 Å². The molecule has 0 unspecified atom stereocenters. The smallest absolute Gasteiger partial charge is 0.258 e. The minimum Gasteiger partial charge on any atom is -0.493 e. The first-order chi connectivity index (χ1) is 13.9. The highest BCUT2D eigenvalue weighted by Crippen LogP contribution is 2.30. The number of H-pyrrole nitrogens is 1. The number of aromatic nitrogens is 2. The van der Waals surface area contributed by atoms with Gasteiger partial charge in [-0.1, -0.05) is 13.8 Å². The van der Waals surface area contributed by atoms with E-state index in [9.17, 15) is 9.59 Å². The van der Waals surface area contributed by atoms with E-state index >= 15 is 0 Å². The van der Waals surface area contributed by atoms with Crippen LogP contribution in [-0.4, -0.2) is 66.1 Å². The monoisotopic (exact) mass is 402 g/mol. The highest BCUT2D eigenvalue weighted by Gasteiger charge is 2.22. The lowest BCUT2D eigenvalue weighted by molar-refractivity contribution is -0.133. The first kappa shape index (κ1) is 21.1. The number of hydrogen-bond donors (Lipinski definition) is 1. The Bertz CT molecular complexity index is 919. The molecule has 1 fully saturated rings.